The molecule has 0 saturated heterocycles. The van der Waals surface area contributed by atoms with Gasteiger partial charge in [-0.2, -0.15) is 10.4 Å². The summed E-state index contributed by atoms with van der Waals surface area (Å²) in [5.41, 5.74) is 5.21. The zero-order valence-corrected chi connectivity index (χ0v) is 16.1. The summed E-state index contributed by atoms with van der Waals surface area (Å²) in [7, 11) is 3.15. The van der Waals surface area contributed by atoms with Crippen molar-refractivity contribution in [1.29, 1.82) is 5.26 Å². The number of anilines is 1. The summed E-state index contributed by atoms with van der Waals surface area (Å²) >= 11 is 5.26. The van der Waals surface area contributed by atoms with Crippen LogP contribution in [0.2, 0.25) is 0 Å². The summed E-state index contributed by atoms with van der Waals surface area (Å²) in [5.74, 6) is 1.87. The predicted molar refractivity (Wildman–Crippen MR) is 109 cm³/mol. The lowest BCUT2D eigenvalue weighted by Crippen LogP contribution is -2.25. The number of hydrogen-bond acceptors (Lipinski definition) is 6. The molecule has 0 fully saturated rings. The summed E-state index contributed by atoms with van der Waals surface area (Å²) in [5, 5.41) is 16.2. The van der Waals surface area contributed by atoms with Gasteiger partial charge in [0.25, 0.3) is 0 Å². The molecule has 0 spiro atoms. The Balaban J connectivity index is 1.96. The number of hydrazone groups is 1. The van der Waals surface area contributed by atoms with Crippen LogP contribution >= 0.6 is 12.2 Å². The zero-order valence-electron chi connectivity index (χ0n) is 15.3. The Kier molecular flexibility index (Phi) is 7.40. The smallest absolute Gasteiger partial charge is 0.191 e. The first-order valence-corrected chi connectivity index (χ1v) is 8.41. The van der Waals surface area contributed by atoms with E-state index in [9.17, 15) is 0 Å². The van der Waals surface area contributed by atoms with E-state index in [2.05, 4.69) is 15.8 Å². The quantitative estimate of drug-likeness (QED) is 0.430. The summed E-state index contributed by atoms with van der Waals surface area (Å²) in [6, 6.07) is 14.6. The molecule has 2 aromatic carbocycles. The van der Waals surface area contributed by atoms with Crippen LogP contribution in [0, 0.1) is 11.3 Å². The average Bonchev–Trinajstić information content (AvgIpc) is 2.70. The largest absolute Gasteiger partial charge is 0.493 e. The van der Waals surface area contributed by atoms with Crippen molar-refractivity contribution < 1.29 is 14.2 Å². The third kappa shape index (κ3) is 5.87. The van der Waals surface area contributed by atoms with Crippen LogP contribution in [-0.4, -0.2) is 31.7 Å². The second-order valence-corrected chi connectivity index (χ2v) is 5.71. The van der Waals surface area contributed by atoms with Crippen molar-refractivity contribution in [3.63, 3.8) is 0 Å². The third-order valence-electron chi connectivity index (χ3n) is 3.54. The fourth-order valence-corrected chi connectivity index (χ4v) is 2.34. The van der Waals surface area contributed by atoms with E-state index < -0.39 is 0 Å². The van der Waals surface area contributed by atoms with Gasteiger partial charge in [0.2, 0.25) is 0 Å². The van der Waals surface area contributed by atoms with Gasteiger partial charge in [-0.05, 0) is 61.1 Å². The van der Waals surface area contributed by atoms with Crippen molar-refractivity contribution in [1.82, 2.24) is 5.43 Å². The molecule has 0 aliphatic carbocycles. The molecule has 0 aromatic heterocycles. The molecule has 0 heterocycles. The highest BCUT2D eigenvalue weighted by atomic mass is 32.1. The van der Waals surface area contributed by atoms with Gasteiger partial charge in [-0.25, -0.2) is 0 Å². The molecule has 140 valence electrons. The molecule has 0 aliphatic heterocycles. The van der Waals surface area contributed by atoms with Gasteiger partial charge in [0.05, 0.1) is 19.9 Å². The molecule has 2 aromatic rings. The number of ether oxygens (including phenoxy) is 3. The maximum Gasteiger partial charge on any atom is 0.191 e. The minimum absolute atomic E-state index is 0.0179. The molecule has 0 aliphatic rings. The summed E-state index contributed by atoms with van der Waals surface area (Å²) in [6.07, 6.45) is 0. The number of hydrogen-bond donors (Lipinski definition) is 2. The second-order valence-electron chi connectivity index (χ2n) is 5.30. The van der Waals surface area contributed by atoms with E-state index in [1.165, 1.54) is 0 Å². The SMILES string of the molecule is COc1ccc(NC(=S)N/N=C(/C)c2ccc(OCC#N)cc2)cc1OC. The molecule has 0 bridgehead atoms. The molecule has 2 N–H and O–H groups in total. The Bertz CT molecular complexity index is 860. The first-order valence-electron chi connectivity index (χ1n) is 8.01. The number of rotatable bonds is 7. The molecular weight excluding hydrogens is 364 g/mol. The number of benzene rings is 2. The number of nitrogens with zero attached hydrogens (tertiary/aromatic N) is 2. The maximum absolute atomic E-state index is 8.52. The summed E-state index contributed by atoms with van der Waals surface area (Å²) < 4.78 is 15.7. The summed E-state index contributed by atoms with van der Waals surface area (Å²) in [6.45, 7) is 1.88. The van der Waals surface area contributed by atoms with Crippen LogP contribution in [0.1, 0.15) is 12.5 Å². The molecule has 0 atom stereocenters. The minimum atomic E-state index is 0.0179. The fourth-order valence-electron chi connectivity index (χ4n) is 2.18. The second kappa shape index (κ2) is 9.99. The molecular formula is C19H20N4O3S. The first kappa shape index (κ1) is 20.0. The Morgan fingerprint density at radius 3 is 2.44 bits per heavy atom. The van der Waals surface area contributed by atoms with E-state index in [0.29, 0.717) is 22.4 Å². The van der Waals surface area contributed by atoms with Crippen molar-refractivity contribution in [2.75, 3.05) is 26.1 Å². The van der Waals surface area contributed by atoms with Gasteiger partial charge in [0, 0.05) is 11.8 Å². The highest BCUT2D eigenvalue weighted by Gasteiger charge is 2.06. The normalized spacial score (nSPS) is 10.5. The molecule has 0 unspecified atom stereocenters. The number of methoxy groups -OCH3 is 2. The van der Waals surface area contributed by atoms with Crippen molar-refractivity contribution in [2.24, 2.45) is 5.10 Å². The Labute approximate surface area is 163 Å². The zero-order chi connectivity index (χ0) is 19.6. The molecule has 2 rings (SSSR count). The van der Waals surface area contributed by atoms with E-state index >= 15 is 0 Å². The van der Waals surface area contributed by atoms with Gasteiger partial charge in [-0.1, -0.05) is 0 Å². The van der Waals surface area contributed by atoms with Crippen LogP contribution in [0.15, 0.2) is 47.6 Å². The lowest BCUT2D eigenvalue weighted by molar-refractivity contribution is 0.355. The monoisotopic (exact) mass is 384 g/mol. The Morgan fingerprint density at radius 2 is 1.81 bits per heavy atom. The third-order valence-corrected chi connectivity index (χ3v) is 3.74. The van der Waals surface area contributed by atoms with Crippen LogP contribution in [0.3, 0.4) is 0 Å². The maximum atomic E-state index is 8.52. The number of nitrogens with one attached hydrogen (secondary N) is 2. The van der Waals surface area contributed by atoms with Crippen LogP contribution in [0.4, 0.5) is 5.69 Å². The highest BCUT2D eigenvalue weighted by molar-refractivity contribution is 7.80. The van der Waals surface area contributed by atoms with Gasteiger partial charge >= 0.3 is 0 Å². The molecule has 0 saturated carbocycles. The average molecular weight is 384 g/mol. The molecule has 27 heavy (non-hydrogen) atoms. The van der Waals surface area contributed by atoms with Gasteiger partial charge in [0.15, 0.2) is 23.2 Å². The minimum Gasteiger partial charge on any atom is -0.493 e. The Morgan fingerprint density at radius 1 is 1.11 bits per heavy atom. The van der Waals surface area contributed by atoms with E-state index in [4.69, 9.17) is 31.7 Å². The summed E-state index contributed by atoms with van der Waals surface area (Å²) in [4.78, 5) is 0. The van der Waals surface area contributed by atoms with Crippen molar-refractivity contribution in [3.05, 3.63) is 48.0 Å². The fraction of sp³-hybridized carbons (Fsp3) is 0.211. The highest BCUT2D eigenvalue weighted by Crippen LogP contribution is 2.29. The van der Waals surface area contributed by atoms with E-state index in [1.807, 2.05) is 31.2 Å². The first-order chi connectivity index (χ1) is 13.1. The molecule has 8 heteroatoms. The van der Waals surface area contributed by atoms with E-state index in [1.54, 1.807) is 38.5 Å². The molecule has 7 nitrogen and oxygen atoms in total. The van der Waals surface area contributed by atoms with Gasteiger partial charge < -0.3 is 19.5 Å². The van der Waals surface area contributed by atoms with Crippen molar-refractivity contribution in [2.45, 2.75) is 6.92 Å². The van der Waals surface area contributed by atoms with Gasteiger partial charge in [-0.15, -0.1) is 0 Å². The molecule has 0 radical (unpaired) electrons. The van der Waals surface area contributed by atoms with Crippen molar-refractivity contribution in [3.8, 4) is 23.3 Å². The standard InChI is InChI=1S/C19H20N4O3S/c1-13(14-4-7-16(8-5-14)26-11-10-20)22-23-19(27)21-15-6-9-17(24-2)18(12-15)25-3/h4-9,12H,11H2,1-3H3,(H2,21,23,27)/b22-13-. The van der Waals surface area contributed by atoms with Crippen LogP contribution in [-0.2, 0) is 0 Å². The lowest BCUT2D eigenvalue weighted by Gasteiger charge is -2.12. The van der Waals surface area contributed by atoms with Gasteiger partial charge in [0.1, 0.15) is 11.8 Å². The van der Waals surface area contributed by atoms with Gasteiger partial charge in [-0.3, -0.25) is 5.43 Å². The molecule has 0 amide bonds. The Hall–Kier alpha value is -3.31. The van der Waals surface area contributed by atoms with Crippen LogP contribution in [0.25, 0.3) is 0 Å². The van der Waals surface area contributed by atoms with E-state index in [-0.39, 0.29) is 6.61 Å². The van der Waals surface area contributed by atoms with Crippen molar-refractivity contribution >= 4 is 28.7 Å². The number of thiocarbonyl (C=S) groups is 1. The number of nitriles is 1. The van der Waals surface area contributed by atoms with E-state index in [0.717, 1.165) is 17.0 Å². The predicted octanol–water partition coefficient (Wildman–Crippen LogP) is 3.32. The lowest BCUT2D eigenvalue weighted by atomic mass is 10.1. The van der Waals surface area contributed by atoms with Crippen LogP contribution < -0.4 is 25.0 Å². The van der Waals surface area contributed by atoms with Crippen LogP contribution in [0.5, 0.6) is 17.2 Å². The topological polar surface area (TPSA) is 87.9 Å².